The standard InChI is InChI=1S/C11H11ClN4O/c12-10-9-11(14-5-13-10)16(6-15-9)8-2-1-7(3-8)4-17/h3,5-6,8,17H,1-2,4H2. The smallest absolute Gasteiger partial charge is 0.165 e. The molecule has 0 saturated carbocycles. The van der Waals surface area contributed by atoms with E-state index in [1.165, 1.54) is 6.33 Å². The van der Waals surface area contributed by atoms with Gasteiger partial charge in [0, 0.05) is 0 Å². The Bertz CT molecular complexity index is 592. The van der Waals surface area contributed by atoms with E-state index in [1.807, 2.05) is 4.57 Å². The molecule has 0 aromatic carbocycles. The van der Waals surface area contributed by atoms with Gasteiger partial charge in [0.05, 0.1) is 19.0 Å². The first kappa shape index (κ1) is 10.7. The van der Waals surface area contributed by atoms with Crippen LogP contribution in [0.4, 0.5) is 0 Å². The fourth-order valence-electron chi connectivity index (χ4n) is 2.19. The quantitative estimate of drug-likeness (QED) is 0.651. The number of aliphatic hydroxyl groups excluding tert-OH is 1. The second-order valence-electron chi connectivity index (χ2n) is 4.08. The van der Waals surface area contributed by atoms with Crippen LogP contribution in [0.1, 0.15) is 18.9 Å². The van der Waals surface area contributed by atoms with Gasteiger partial charge in [-0.1, -0.05) is 17.7 Å². The molecule has 1 aliphatic carbocycles. The number of aliphatic hydroxyl groups is 1. The van der Waals surface area contributed by atoms with Crippen LogP contribution < -0.4 is 0 Å². The van der Waals surface area contributed by atoms with Gasteiger partial charge < -0.3 is 9.67 Å². The van der Waals surface area contributed by atoms with E-state index in [2.05, 4.69) is 21.0 Å². The van der Waals surface area contributed by atoms with E-state index >= 15 is 0 Å². The summed E-state index contributed by atoms with van der Waals surface area (Å²) in [6.45, 7) is 0.124. The van der Waals surface area contributed by atoms with Gasteiger partial charge in [-0.05, 0) is 18.4 Å². The second-order valence-corrected chi connectivity index (χ2v) is 4.44. The van der Waals surface area contributed by atoms with Gasteiger partial charge in [-0.15, -0.1) is 0 Å². The number of hydrogen-bond donors (Lipinski definition) is 1. The van der Waals surface area contributed by atoms with E-state index in [1.54, 1.807) is 6.33 Å². The molecule has 1 aliphatic rings. The first-order chi connectivity index (χ1) is 8.29. The average molecular weight is 251 g/mol. The number of allylic oxidation sites excluding steroid dienone is 1. The zero-order valence-electron chi connectivity index (χ0n) is 9.04. The molecule has 3 rings (SSSR count). The fourth-order valence-corrected chi connectivity index (χ4v) is 2.37. The highest BCUT2D eigenvalue weighted by molar-refractivity contribution is 6.33. The Kier molecular flexibility index (Phi) is 2.57. The summed E-state index contributed by atoms with van der Waals surface area (Å²) in [6.07, 6.45) is 7.11. The van der Waals surface area contributed by atoms with Crippen LogP contribution in [0.2, 0.25) is 5.15 Å². The maximum absolute atomic E-state index is 9.10. The Hall–Kier alpha value is -1.46. The molecule has 2 aromatic rings. The third kappa shape index (κ3) is 1.71. The van der Waals surface area contributed by atoms with Crippen LogP contribution in [0.5, 0.6) is 0 Å². The largest absolute Gasteiger partial charge is 0.392 e. The minimum atomic E-state index is 0.124. The summed E-state index contributed by atoms with van der Waals surface area (Å²) in [7, 11) is 0. The van der Waals surface area contributed by atoms with E-state index in [-0.39, 0.29) is 12.6 Å². The molecule has 6 heteroatoms. The minimum Gasteiger partial charge on any atom is -0.392 e. The van der Waals surface area contributed by atoms with Crippen molar-refractivity contribution in [2.45, 2.75) is 18.9 Å². The van der Waals surface area contributed by atoms with Crippen molar-refractivity contribution in [1.29, 1.82) is 0 Å². The Balaban J connectivity index is 2.07. The number of hydrogen-bond acceptors (Lipinski definition) is 4. The summed E-state index contributed by atoms with van der Waals surface area (Å²) < 4.78 is 1.98. The monoisotopic (exact) mass is 250 g/mol. The molecular formula is C11H11ClN4O. The van der Waals surface area contributed by atoms with Gasteiger partial charge in [0.1, 0.15) is 11.8 Å². The first-order valence-corrected chi connectivity index (χ1v) is 5.81. The van der Waals surface area contributed by atoms with E-state index in [9.17, 15) is 0 Å². The lowest BCUT2D eigenvalue weighted by atomic mass is 10.2. The number of halogens is 1. The zero-order valence-corrected chi connectivity index (χ0v) is 9.80. The van der Waals surface area contributed by atoms with Gasteiger partial charge in [-0.3, -0.25) is 0 Å². The van der Waals surface area contributed by atoms with Gasteiger partial charge in [0.2, 0.25) is 0 Å². The summed E-state index contributed by atoms with van der Waals surface area (Å²) in [6, 6.07) is 0.202. The molecule has 0 radical (unpaired) electrons. The van der Waals surface area contributed by atoms with Gasteiger partial charge in [0.15, 0.2) is 10.8 Å². The summed E-state index contributed by atoms with van der Waals surface area (Å²) in [4.78, 5) is 12.3. The van der Waals surface area contributed by atoms with Crippen molar-refractivity contribution in [2.75, 3.05) is 6.61 Å². The maximum atomic E-state index is 9.10. The van der Waals surface area contributed by atoms with Crippen molar-refractivity contribution < 1.29 is 5.11 Å². The summed E-state index contributed by atoms with van der Waals surface area (Å²) in [5.41, 5.74) is 2.43. The van der Waals surface area contributed by atoms with E-state index in [0.717, 1.165) is 24.1 Å². The molecule has 1 unspecified atom stereocenters. The SMILES string of the molecule is OCC1=CC(n2cnc3c(Cl)ncnc32)CC1. The van der Waals surface area contributed by atoms with Gasteiger partial charge >= 0.3 is 0 Å². The van der Waals surface area contributed by atoms with Crippen molar-refractivity contribution in [1.82, 2.24) is 19.5 Å². The molecule has 0 saturated heterocycles. The topological polar surface area (TPSA) is 63.8 Å². The molecule has 0 bridgehead atoms. The van der Waals surface area contributed by atoms with Crippen molar-refractivity contribution in [2.24, 2.45) is 0 Å². The predicted molar refractivity (Wildman–Crippen MR) is 63.8 cm³/mol. The van der Waals surface area contributed by atoms with Crippen molar-refractivity contribution in [3.05, 3.63) is 29.5 Å². The lowest BCUT2D eigenvalue weighted by Crippen LogP contribution is -2.02. The molecule has 2 heterocycles. The molecule has 0 amide bonds. The summed E-state index contributed by atoms with van der Waals surface area (Å²) >= 11 is 5.95. The third-order valence-electron chi connectivity index (χ3n) is 3.06. The molecule has 0 spiro atoms. The number of rotatable bonds is 2. The van der Waals surface area contributed by atoms with Gasteiger partial charge in [0.25, 0.3) is 0 Å². The fraction of sp³-hybridized carbons (Fsp3) is 0.364. The molecule has 1 N–H and O–H groups in total. The summed E-state index contributed by atoms with van der Waals surface area (Å²) in [5.74, 6) is 0. The lowest BCUT2D eigenvalue weighted by Gasteiger charge is -2.09. The Morgan fingerprint density at radius 3 is 3.06 bits per heavy atom. The highest BCUT2D eigenvalue weighted by Crippen LogP contribution is 2.30. The lowest BCUT2D eigenvalue weighted by molar-refractivity contribution is 0.328. The van der Waals surface area contributed by atoms with E-state index < -0.39 is 0 Å². The third-order valence-corrected chi connectivity index (χ3v) is 3.34. The minimum absolute atomic E-state index is 0.124. The summed E-state index contributed by atoms with van der Waals surface area (Å²) in [5, 5.41) is 9.47. The number of nitrogens with zero attached hydrogens (tertiary/aromatic N) is 4. The molecule has 17 heavy (non-hydrogen) atoms. The van der Waals surface area contributed by atoms with Crippen LogP contribution in [0.25, 0.3) is 11.2 Å². The molecule has 2 aromatic heterocycles. The molecule has 1 atom stereocenters. The van der Waals surface area contributed by atoms with Crippen LogP contribution in [0, 0.1) is 0 Å². The van der Waals surface area contributed by atoms with Crippen LogP contribution in [0.15, 0.2) is 24.3 Å². The molecule has 0 aliphatic heterocycles. The predicted octanol–water partition coefficient (Wildman–Crippen LogP) is 1.73. The van der Waals surface area contributed by atoms with Crippen LogP contribution in [-0.4, -0.2) is 31.2 Å². The molecule has 88 valence electrons. The van der Waals surface area contributed by atoms with Crippen molar-refractivity contribution in [3.63, 3.8) is 0 Å². The van der Waals surface area contributed by atoms with Crippen LogP contribution >= 0.6 is 11.6 Å². The molecule has 0 fully saturated rings. The highest BCUT2D eigenvalue weighted by Gasteiger charge is 2.20. The van der Waals surface area contributed by atoms with Crippen LogP contribution in [0.3, 0.4) is 0 Å². The average Bonchev–Trinajstić information content (AvgIpc) is 2.94. The molecule has 5 nitrogen and oxygen atoms in total. The van der Waals surface area contributed by atoms with Crippen molar-refractivity contribution >= 4 is 22.8 Å². The normalized spacial score (nSPS) is 19.9. The first-order valence-electron chi connectivity index (χ1n) is 5.43. The van der Waals surface area contributed by atoms with E-state index in [4.69, 9.17) is 16.7 Å². The Morgan fingerprint density at radius 1 is 1.41 bits per heavy atom. The zero-order chi connectivity index (χ0) is 11.8. The van der Waals surface area contributed by atoms with Crippen LogP contribution in [-0.2, 0) is 0 Å². The second kappa shape index (κ2) is 4.09. The Morgan fingerprint density at radius 2 is 2.29 bits per heavy atom. The molecular weight excluding hydrogens is 240 g/mol. The highest BCUT2D eigenvalue weighted by atomic mass is 35.5. The van der Waals surface area contributed by atoms with E-state index in [0.29, 0.717) is 10.7 Å². The Labute approximate surface area is 103 Å². The maximum Gasteiger partial charge on any atom is 0.165 e. The van der Waals surface area contributed by atoms with Gasteiger partial charge in [-0.25, -0.2) is 15.0 Å². The van der Waals surface area contributed by atoms with Crippen molar-refractivity contribution in [3.8, 4) is 0 Å². The number of fused-ring (bicyclic) bond motifs is 1. The number of aromatic nitrogens is 4. The number of imidazole rings is 1. The van der Waals surface area contributed by atoms with Gasteiger partial charge in [-0.2, -0.15) is 0 Å².